The lowest BCUT2D eigenvalue weighted by atomic mass is 10.1. The molecule has 0 aromatic heterocycles. The van der Waals surface area contributed by atoms with E-state index in [1.807, 2.05) is 6.07 Å². The van der Waals surface area contributed by atoms with Crippen LogP contribution in [0.15, 0.2) is 53.4 Å². The molecule has 1 amide bonds. The van der Waals surface area contributed by atoms with Crippen LogP contribution in [0.1, 0.15) is 15.9 Å². The zero-order chi connectivity index (χ0) is 19.3. The maximum atomic E-state index is 12.7. The summed E-state index contributed by atoms with van der Waals surface area (Å²) >= 11 is 0. The van der Waals surface area contributed by atoms with Crippen LogP contribution in [0.2, 0.25) is 0 Å². The molecule has 7 nitrogen and oxygen atoms in total. The molecular formula is C19H22N2O5S. The van der Waals surface area contributed by atoms with Crippen LogP contribution in [0.4, 0.5) is 0 Å². The van der Waals surface area contributed by atoms with Gasteiger partial charge in [0.1, 0.15) is 5.75 Å². The average Bonchev–Trinajstić information content (AvgIpc) is 2.70. The molecule has 2 aromatic rings. The van der Waals surface area contributed by atoms with Crippen LogP contribution in [0.5, 0.6) is 5.75 Å². The van der Waals surface area contributed by atoms with E-state index in [1.54, 1.807) is 30.3 Å². The van der Waals surface area contributed by atoms with Crippen molar-refractivity contribution in [2.24, 2.45) is 0 Å². The second-order valence-electron chi connectivity index (χ2n) is 6.18. The molecule has 0 aliphatic carbocycles. The molecule has 0 radical (unpaired) electrons. The van der Waals surface area contributed by atoms with Crippen LogP contribution < -0.4 is 5.32 Å². The molecule has 144 valence electrons. The van der Waals surface area contributed by atoms with Gasteiger partial charge in [-0.15, -0.1) is 0 Å². The van der Waals surface area contributed by atoms with Gasteiger partial charge in [-0.1, -0.05) is 24.3 Å². The van der Waals surface area contributed by atoms with Gasteiger partial charge in [0.05, 0.1) is 18.1 Å². The number of morpholine rings is 1. The van der Waals surface area contributed by atoms with Crippen molar-refractivity contribution < 1.29 is 23.1 Å². The Labute approximate surface area is 158 Å². The monoisotopic (exact) mass is 390 g/mol. The summed E-state index contributed by atoms with van der Waals surface area (Å²) in [7, 11) is -3.65. The van der Waals surface area contributed by atoms with Gasteiger partial charge in [0.25, 0.3) is 5.91 Å². The zero-order valence-corrected chi connectivity index (χ0v) is 15.6. The molecule has 1 saturated heterocycles. The van der Waals surface area contributed by atoms with Crippen LogP contribution in [0, 0.1) is 0 Å². The first-order valence-electron chi connectivity index (χ1n) is 8.71. The number of benzene rings is 2. The number of para-hydroxylation sites is 1. The number of nitrogens with zero attached hydrogens (tertiary/aromatic N) is 1. The smallest absolute Gasteiger partial charge is 0.251 e. The normalized spacial score (nSPS) is 15.4. The SMILES string of the molecule is O=C(NCCc1ccccc1O)c1cccc(S(=O)(=O)N2CCOCC2)c1. The number of phenolic OH excluding ortho intramolecular Hbond substituents is 1. The van der Waals surface area contributed by atoms with Crippen LogP contribution in [0.3, 0.4) is 0 Å². The summed E-state index contributed by atoms with van der Waals surface area (Å²) in [4.78, 5) is 12.5. The minimum atomic E-state index is -3.65. The Kier molecular flexibility index (Phi) is 6.10. The minimum absolute atomic E-state index is 0.0951. The summed E-state index contributed by atoms with van der Waals surface area (Å²) in [6.07, 6.45) is 0.476. The van der Waals surface area contributed by atoms with Crippen molar-refractivity contribution in [1.29, 1.82) is 0 Å². The zero-order valence-electron chi connectivity index (χ0n) is 14.8. The first kappa shape index (κ1) is 19.3. The molecule has 0 saturated carbocycles. The van der Waals surface area contributed by atoms with Gasteiger partial charge in [-0.25, -0.2) is 8.42 Å². The fourth-order valence-electron chi connectivity index (χ4n) is 2.87. The number of rotatable bonds is 6. The second-order valence-corrected chi connectivity index (χ2v) is 8.12. The number of ether oxygens (including phenoxy) is 1. The predicted molar refractivity (Wildman–Crippen MR) is 100 cm³/mol. The lowest BCUT2D eigenvalue weighted by molar-refractivity contribution is 0.0730. The Balaban J connectivity index is 1.66. The third kappa shape index (κ3) is 4.65. The van der Waals surface area contributed by atoms with Crippen LogP contribution in [-0.4, -0.2) is 56.6 Å². The number of amides is 1. The molecule has 0 unspecified atom stereocenters. The van der Waals surface area contributed by atoms with Crippen LogP contribution in [-0.2, 0) is 21.2 Å². The van der Waals surface area contributed by atoms with Gasteiger partial charge in [0, 0.05) is 25.2 Å². The number of hydrogen-bond donors (Lipinski definition) is 2. The summed E-state index contributed by atoms with van der Waals surface area (Å²) < 4.78 is 32.0. The largest absolute Gasteiger partial charge is 0.508 e. The molecule has 3 rings (SSSR count). The van der Waals surface area contributed by atoms with Gasteiger partial charge >= 0.3 is 0 Å². The predicted octanol–water partition coefficient (Wildman–Crippen LogP) is 1.39. The van der Waals surface area contributed by atoms with Crippen molar-refractivity contribution in [2.45, 2.75) is 11.3 Å². The summed E-state index contributed by atoms with van der Waals surface area (Å²) in [5.41, 5.74) is 1.02. The fraction of sp³-hybridized carbons (Fsp3) is 0.316. The quantitative estimate of drug-likeness (QED) is 0.777. The molecule has 1 heterocycles. The third-order valence-corrected chi connectivity index (χ3v) is 6.27. The van der Waals surface area contributed by atoms with Crippen molar-refractivity contribution in [3.05, 3.63) is 59.7 Å². The molecular weight excluding hydrogens is 368 g/mol. The highest BCUT2D eigenvalue weighted by molar-refractivity contribution is 7.89. The molecule has 0 spiro atoms. The Morgan fingerprint density at radius 1 is 1.11 bits per heavy atom. The molecule has 0 atom stereocenters. The van der Waals surface area contributed by atoms with Crippen LogP contribution in [0.25, 0.3) is 0 Å². The average molecular weight is 390 g/mol. The van der Waals surface area contributed by atoms with Gasteiger partial charge in [0.2, 0.25) is 10.0 Å². The summed E-state index contributed by atoms with van der Waals surface area (Å²) in [6.45, 7) is 1.67. The first-order valence-corrected chi connectivity index (χ1v) is 10.2. The minimum Gasteiger partial charge on any atom is -0.508 e. The van der Waals surface area contributed by atoms with Gasteiger partial charge in [0.15, 0.2) is 0 Å². The maximum absolute atomic E-state index is 12.7. The lowest BCUT2D eigenvalue weighted by Gasteiger charge is -2.26. The Morgan fingerprint density at radius 2 is 1.85 bits per heavy atom. The molecule has 0 bridgehead atoms. The van der Waals surface area contributed by atoms with Crippen LogP contribution >= 0.6 is 0 Å². The number of sulfonamides is 1. The van der Waals surface area contributed by atoms with Crippen molar-refractivity contribution in [1.82, 2.24) is 9.62 Å². The maximum Gasteiger partial charge on any atom is 0.251 e. The van der Waals surface area contributed by atoms with E-state index in [0.29, 0.717) is 39.3 Å². The number of nitrogens with one attached hydrogen (secondary N) is 1. The van der Waals surface area contributed by atoms with Crippen molar-refractivity contribution in [2.75, 3.05) is 32.8 Å². The second kappa shape index (κ2) is 8.51. The number of carbonyl (C=O) groups excluding carboxylic acids is 1. The summed E-state index contributed by atoms with van der Waals surface area (Å²) in [5.74, 6) is -0.171. The Bertz CT molecular complexity index is 908. The first-order chi connectivity index (χ1) is 13.0. The van der Waals surface area contributed by atoms with E-state index in [-0.39, 0.29) is 22.1 Å². The van der Waals surface area contributed by atoms with E-state index < -0.39 is 10.0 Å². The van der Waals surface area contributed by atoms with E-state index in [1.165, 1.54) is 16.4 Å². The van der Waals surface area contributed by atoms with Gasteiger partial charge in [-0.05, 0) is 36.2 Å². The van der Waals surface area contributed by atoms with Crippen molar-refractivity contribution >= 4 is 15.9 Å². The molecule has 2 N–H and O–H groups in total. The number of carbonyl (C=O) groups is 1. The molecule has 2 aromatic carbocycles. The van der Waals surface area contributed by atoms with Gasteiger partial charge < -0.3 is 15.2 Å². The summed E-state index contributed by atoms with van der Waals surface area (Å²) in [5, 5.41) is 12.5. The fourth-order valence-corrected chi connectivity index (χ4v) is 4.32. The van der Waals surface area contributed by atoms with E-state index in [4.69, 9.17) is 4.74 Å². The Morgan fingerprint density at radius 3 is 2.59 bits per heavy atom. The standard InChI is InChI=1S/C19H22N2O5S/c22-18-7-2-1-4-15(18)8-9-20-19(23)16-5-3-6-17(14-16)27(24,25)21-10-12-26-13-11-21/h1-7,14,22H,8-13H2,(H,20,23). The molecule has 27 heavy (non-hydrogen) atoms. The topological polar surface area (TPSA) is 95.9 Å². The number of aromatic hydroxyl groups is 1. The van der Waals surface area contributed by atoms with Gasteiger partial charge in [-0.3, -0.25) is 4.79 Å². The Hall–Kier alpha value is -2.42. The molecule has 1 fully saturated rings. The third-order valence-electron chi connectivity index (χ3n) is 4.38. The van der Waals surface area contributed by atoms with Crippen molar-refractivity contribution in [3.8, 4) is 5.75 Å². The number of hydrogen-bond acceptors (Lipinski definition) is 5. The van der Waals surface area contributed by atoms with Gasteiger partial charge in [-0.2, -0.15) is 4.31 Å². The number of phenols is 1. The van der Waals surface area contributed by atoms with E-state index in [9.17, 15) is 18.3 Å². The lowest BCUT2D eigenvalue weighted by Crippen LogP contribution is -2.40. The van der Waals surface area contributed by atoms with Crippen molar-refractivity contribution in [3.63, 3.8) is 0 Å². The highest BCUT2D eigenvalue weighted by Gasteiger charge is 2.26. The highest BCUT2D eigenvalue weighted by Crippen LogP contribution is 2.19. The highest BCUT2D eigenvalue weighted by atomic mass is 32.2. The molecule has 1 aliphatic heterocycles. The summed E-state index contributed by atoms with van der Waals surface area (Å²) in [6, 6.07) is 12.9. The molecule has 8 heteroatoms. The van der Waals surface area contributed by atoms with E-state index >= 15 is 0 Å². The van der Waals surface area contributed by atoms with E-state index in [0.717, 1.165) is 5.56 Å². The van der Waals surface area contributed by atoms with E-state index in [2.05, 4.69) is 5.32 Å². The molecule has 1 aliphatic rings.